The van der Waals surface area contributed by atoms with Crippen LogP contribution in [-0.2, 0) is 21.9 Å². The second kappa shape index (κ2) is 12.7. The van der Waals surface area contributed by atoms with E-state index in [1.807, 2.05) is 0 Å². The highest BCUT2D eigenvalue weighted by molar-refractivity contribution is 7.99. The molecule has 216 valence electrons. The average Bonchev–Trinajstić information content (AvgIpc) is 2.92. The molecule has 3 aromatic rings. The molecule has 0 aromatic heterocycles. The average molecular weight is 597 g/mol. The summed E-state index contributed by atoms with van der Waals surface area (Å²) >= 11 is 0.447. The molecule has 41 heavy (non-hydrogen) atoms. The van der Waals surface area contributed by atoms with E-state index in [0.29, 0.717) is 11.8 Å². The first-order valence-electron chi connectivity index (χ1n) is 12.1. The summed E-state index contributed by atoms with van der Waals surface area (Å²) in [6, 6.07) is 15.5. The van der Waals surface area contributed by atoms with E-state index >= 15 is 0 Å². The molecule has 0 saturated carbocycles. The topological polar surface area (TPSA) is 67.9 Å². The quantitative estimate of drug-likeness (QED) is 0.238. The molecule has 1 aliphatic heterocycles. The number of halogens is 6. The maximum absolute atomic E-state index is 14.2. The fraction of sp³-hybridized carbons (Fsp3) is 0.214. The van der Waals surface area contributed by atoms with Crippen LogP contribution in [0, 0.1) is 0 Å². The number of nitrogens with zero attached hydrogens (tertiary/aromatic N) is 1. The van der Waals surface area contributed by atoms with Crippen molar-refractivity contribution in [1.82, 2.24) is 4.90 Å². The Bertz CT molecular complexity index is 1420. The van der Waals surface area contributed by atoms with Gasteiger partial charge < -0.3 is 14.4 Å². The van der Waals surface area contributed by atoms with Crippen LogP contribution in [0.25, 0.3) is 6.08 Å². The zero-order valence-electron chi connectivity index (χ0n) is 21.1. The first kappa shape index (κ1) is 30.0. The minimum atomic E-state index is -5.38. The summed E-state index contributed by atoms with van der Waals surface area (Å²) in [5.74, 6) is -0.380. The fourth-order valence-electron chi connectivity index (χ4n) is 3.96. The van der Waals surface area contributed by atoms with Crippen molar-refractivity contribution < 1.29 is 45.4 Å². The van der Waals surface area contributed by atoms with Gasteiger partial charge in [0.15, 0.2) is 0 Å². The number of carbonyl (C=O) groups excluding carboxylic acids is 2. The van der Waals surface area contributed by atoms with E-state index in [4.69, 9.17) is 9.47 Å². The zero-order valence-corrected chi connectivity index (χ0v) is 21.9. The van der Waals surface area contributed by atoms with Crippen molar-refractivity contribution in [1.29, 1.82) is 0 Å². The van der Waals surface area contributed by atoms with Gasteiger partial charge >= 0.3 is 18.4 Å². The molecular formula is C28H22F6N2O4S. The molecule has 1 heterocycles. The largest absolute Gasteiger partial charge is 0.418 e. The van der Waals surface area contributed by atoms with E-state index in [9.17, 15) is 35.9 Å². The van der Waals surface area contributed by atoms with Crippen molar-refractivity contribution in [2.75, 3.05) is 31.6 Å². The summed E-state index contributed by atoms with van der Waals surface area (Å²) < 4.78 is 95.1. The number of rotatable bonds is 6. The molecule has 0 spiro atoms. The smallest absolute Gasteiger partial charge is 0.410 e. The lowest BCUT2D eigenvalue weighted by Crippen LogP contribution is -2.39. The Balaban J connectivity index is 1.62. The van der Waals surface area contributed by atoms with Gasteiger partial charge in [-0.05, 0) is 48.0 Å². The van der Waals surface area contributed by atoms with E-state index < -0.39 is 45.9 Å². The number of amides is 2. The molecule has 4 rings (SSSR count). The highest BCUT2D eigenvalue weighted by Crippen LogP contribution is 2.48. The van der Waals surface area contributed by atoms with E-state index in [-0.39, 0.29) is 42.6 Å². The van der Waals surface area contributed by atoms with Gasteiger partial charge in [0.05, 0.1) is 24.3 Å². The molecule has 3 aromatic carbocycles. The normalized spacial score (nSPS) is 14.2. The van der Waals surface area contributed by atoms with Gasteiger partial charge in [0.2, 0.25) is 5.91 Å². The van der Waals surface area contributed by atoms with Gasteiger partial charge in [0.25, 0.3) is 0 Å². The van der Waals surface area contributed by atoms with Crippen molar-refractivity contribution >= 4 is 35.5 Å². The predicted octanol–water partition coefficient (Wildman–Crippen LogP) is 7.36. The Morgan fingerprint density at radius 1 is 0.878 bits per heavy atom. The number of hydrogen-bond acceptors (Lipinski definition) is 5. The van der Waals surface area contributed by atoms with Crippen molar-refractivity contribution in [3.63, 3.8) is 0 Å². The minimum absolute atomic E-state index is 0.131. The summed E-state index contributed by atoms with van der Waals surface area (Å²) in [5, 5.41) is 2.43. The number of anilines is 1. The molecule has 0 bridgehead atoms. The lowest BCUT2D eigenvalue weighted by atomic mass is 9.99. The van der Waals surface area contributed by atoms with Gasteiger partial charge in [0, 0.05) is 34.6 Å². The van der Waals surface area contributed by atoms with Crippen molar-refractivity contribution in [2.45, 2.75) is 22.1 Å². The van der Waals surface area contributed by atoms with Gasteiger partial charge in [-0.2, -0.15) is 26.3 Å². The monoisotopic (exact) mass is 596 g/mol. The summed E-state index contributed by atoms with van der Waals surface area (Å²) in [6.07, 6.45) is -10.1. The molecule has 0 atom stereocenters. The second-order valence-corrected chi connectivity index (χ2v) is 9.74. The Hall–Kier alpha value is -3.97. The first-order valence-corrected chi connectivity index (χ1v) is 12.9. The summed E-state index contributed by atoms with van der Waals surface area (Å²) in [5.41, 5.74) is -4.42. The van der Waals surface area contributed by atoms with Crippen molar-refractivity contribution in [3.8, 4) is 5.75 Å². The van der Waals surface area contributed by atoms with Crippen LogP contribution in [0.3, 0.4) is 0 Å². The van der Waals surface area contributed by atoms with Gasteiger partial charge in [0.1, 0.15) is 5.75 Å². The van der Waals surface area contributed by atoms with E-state index in [2.05, 4.69) is 5.32 Å². The minimum Gasteiger partial charge on any atom is -0.410 e. The Kier molecular flexibility index (Phi) is 9.28. The highest BCUT2D eigenvalue weighted by Gasteiger charge is 2.46. The third-order valence-electron chi connectivity index (χ3n) is 5.76. The highest BCUT2D eigenvalue weighted by atomic mass is 32.2. The molecule has 0 aliphatic carbocycles. The summed E-state index contributed by atoms with van der Waals surface area (Å²) in [7, 11) is 0. The lowest BCUT2D eigenvalue weighted by molar-refractivity contribution is -0.163. The van der Waals surface area contributed by atoms with Crippen LogP contribution in [0.5, 0.6) is 5.75 Å². The number of hydrogen-bond donors (Lipinski definition) is 1. The molecule has 0 radical (unpaired) electrons. The first-order chi connectivity index (χ1) is 19.4. The Morgan fingerprint density at radius 2 is 1.56 bits per heavy atom. The molecule has 1 saturated heterocycles. The van der Waals surface area contributed by atoms with Crippen LogP contribution < -0.4 is 10.1 Å². The van der Waals surface area contributed by atoms with Gasteiger partial charge in [-0.3, -0.25) is 10.1 Å². The Labute approximate surface area is 234 Å². The molecule has 1 N–H and O–H groups in total. The number of ether oxygens (including phenoxy) is 2. The van der Waals surface area contributed by atoms with Crippen LogP contribution in [0.1, 0.15) is 16.7 Å². The van der Waals surface area contributed by atoms with Crippen molar-refractivity contribution in [2.24, 2.45) is 0 Å². The predicted molar refractivity (Wildman–Crippen MR) is 140 cm³/mol. The number of alkyl halides is 6. The molecule has 1 fully saturated rings. The van der Waals surface area contributed by atoms with Crippen LogP contribution in [0.2, 0.25) is 0 Å². The lowest BCUT2D eigenvalue weighted by Gasteiger charge is -2.25. The van der Waals surface area contributed by atoms with E-state index in [0.717, 1.165) is 24.3 Å². The number of para-hydroxylation sites is 1. The number of benzene rings is 3. The van der Waals surface area contributed by atoms with Crippen LogP contribution in [-0.4, -0.2) is 43.2 Å². The van der Waals surface area contributed by atoms with E-state index in [1.165, 1.54) is 29.2 Å². The standard InChI is InChI=1S/C28H22F6N2O4S/c29-27(30,31)24-18(10-12-23(37)36-13-15-39-16-14-36)9-11-22(25(24)28(32,33)34)41-21-8-4-5-19(17-21)35-26(38)40-20-6-2-1-3-7-20/h1-12,17H,13-16H2,(H,35,38). The van der Waals surface area contributed by atoms with E-state index in [1.54, 1.807) is 30.3 Å². The Morgan fingerprint density at radius 3 is 2.22 bits per heavy atom. The maximum atomic E-state index is 14.2. The van der Waals surface area contributed by atoms with Crippen LogP contribution >= 0.6 is 11.8 Å². The van der Waals surface area contributed by atoms with Gasteiger partial charge in [-0.25, -0.2) is 4.79 Å². The number of nitrogens with one attached hydrogen (secondary N) is 1. The second-order valence-electron chi connectivity index (χ2n) is 8.63. The fourth-order valence-corrected chi connectivity index (χ4v) is 5.01. The third kappa shape index (κ3) is 8.04. The maximum Gasteiger partial charge on any atom is 0.418 e. The number of carbonyl (C=O) groups is 2. The zero-order chi connectivity index (χ0) is 29.6. The molecule has 2 amide bonds. The summed E-state index contributed by atoms with van der Waals surface area (Å²) in [6.45, 7) is 0.943. The van der Waals surface area contributed by atoms with Crippen LogP contribution in [0.4, 0.5) is 36.8 Å². The van der Waals surface area contributed by atoms with Crippen LogP contribution in [0.15, 0.2) is 82.6 Å². The third-order valence-corrected chi connectivity index (χ3v) is 6.81. The molecule has 0 unspecified atom stereocenters. The summed E-state index contributed by atoms with van der Waals surface area (Å²) in [4.78, 5) is 25.3. The molecular weight excluding hydrogens is 574 g/mol. The van der Waals surface area contributed by atoms with Crippen molar-refractivity contribution in [3.05, 3.63) is 89.5 Å². The molecule has 13 heteroatoms. The molecule has 1 aliphatic rings. The molecule has 6 nitrogen and oxygen atoms in total. The SMILES string of the molecule is O=C(Nc1cccc(Sc2ccc(C=CC(=O)N3CCOCC3)c(C(F)(F)F)c2C(F)(F)F)c1)Oc1ccccc1. The van der Waals surface area contributed by atoms with Gasteiger partial charge in [-0.15, -0.1) is 0 Å². The van der Waals surface area contributed by atoms with Gasteiger partial charge in [-0.1, -0.05) is 42.1 Å². The number of morpholine rings is 1.